The van der Waals surface area contributed by atoms with Crippen molar-refractivity contribution in [2.75, 3.05) is 18.6 Å². The molecule has 0 aromatic carbocycles. The maximum atomic E-state index is 11.5. The lowest BCUT2D eigenvalue weighted by atomic mass is 10.1. The molecule has 0 bridgehead atoms. The van der Waals surface area contributed by atoms with Crippen molar-refractivity contribution in [2.24, 2.45) is 0 Å². The lowest BCUT2D eigenvalue weighted by Gasteiger charge is -2.00. The van der Waals surface area contributed by atoms with Gasteiger partial charge in [-0.1, -0.05) is 0 Å². The smallest absolute Gasteiger partial charge is 0.151 e. The van der Waals surface area contributed by atoms with Gasteiger partial charge in [0.25, 0.3) is 0 Å². The molecular formula is C12H14N2O3S. The van der Waals surface area contributed by atoms with Gasteiger partial charge in [0.15, 0.2) is 9.84 Å². The third-order valence-corrected chi connectivity index (χ3v) is 5.10. The molecule has 0 N–H and O–H groups in total. The van der Waals surface area contributed by atoms with Crippen LogP contribution >= 0.6 is 0 Å². The number of rotatable bonds is 2. The summed E-state index contributed by atoms with van der Waals surface area (Å²) in [6.45, 7) is 0. The van der Waals surface area contributed by atoms with Crippen molar-refractivity contribution in [3.05, 3.63) is 30.2 Å². The van der Waals surface area contributed by atoms with Gasteiger partial charge in [0.2, 0.25) is 0 Å². The van der Waals surface area contributed by atoms with Crippen LogP contribution in [0.5, 0.6) is 5.75 Å². The van der Waals surface area contributed by atoms with Crippen LogP contribution in [-0.4, -0.2) is 36.4 Å². The van der Waals surface area contributed by atoms with E-state index < -0.39 is 9.84 Å². The molecule has 1 unspecified atom stereocenters. The number of ether oxygens (including phenoxy) is 1. The fraction of sp³-hybridized carbons (Fsp3) is 0.417. The van der Waals surface area contributed by atoms with Gasteiger partial charge in [-0.15, -0.1) is 0 Å². The molecule has 2 aromatic rings. The summed E-state index contributed by atoms with van der Waals surface area (Å²) in [4.78, 5) is 4.48. The van der Waals surface area contributed by atoms with Crippen LogP contribution in [0.1, 0.15) is 18.0 Å². The zero-order chi connectivity index (χ0) is 12.8. The van der Waals surface area contributed by atoms with Gasteiger partial charge in [0, 0.05) is 12.1 Å². The van der Waals surface area contributed by atoms with Crippen LogP contribution in [0.2, 0.25) is 0 Å². The zero-order valence-corrected chi connectivity index (χ0v) is 10.9. The molecule has 18 heavy (non-hydrogen) atoms. The minimum Gasteiger partial charge on any atom is -0.495 e. The molecule has 96 valence electrons. The summed E-state index contributed by atoms with van der Waals surface area (Å²) in [5, 5.41) is 0. The Balaban J connectivity index is 1.99. The summed E-state index contributed by atoms with van der Waals surface area (Å²) < 4.78 is 30.0. The Morgan fingerprint density at radius 1 is 1.39 bits per heavy atom. The molecule has 5 nitrogen and oxygen atoms in total. The van der Waals surface area contributed by atoms with Crippen LogP contribution in [0, 0.1) is 0 Å². The van der Waals surface area contributed by atoms with Crippen molar-refractivity contribution in [1.29, 1.82) is 0 Å². The second-order valence-corrected chi connectivity index (χ2v) is 6.83. The molecule has 1 saturated heterocycles. The average molecular weight is 266 g/mol. The molecule has 0 spiro atoms. The molecular weight excluding hydrogens is 252 g/mol. The third kappa shape index (κ3) is 1.96. The van der Waals surface area contributed by atoms with Gasteiger partial charge < -0.3 is 9.14 Å². The quantitative estimate of drug-likeness (QED) is 0.820. The first-order chi connectivity index (χ1) is 8.57. The van der Waals surface area contributed by atoms with E-state index in [2.05, 4.69) is 4.98 Å². The molecule has 0 amide bonds. The van der Waals surface area contributed by atoms with Crippen LogP contribution < -0.4 is 4.74 Å². The monoisotopic (exact) mass is 266 g/mol. The Bertz CT molecular complexity index is 690. The first-order valence-corrected chi connectivity index (χ1v) is 7.62. The Morgan fingerprint density at radius 3 is 2.89 bits per heavy atom. The van der Waals surface area contributed by atoms with Gasteiger partial charge in [-0.05, 0) is 18.6 Å². The molecule has 1 atom stereocenters. The van der Waals surface area contributed by atoms with Gasteiger partial charge in [-0.3, -0.25) is 0 Å². The van der Waals surface area contributed by atoms with Crippen molar-refractivity contribution in [3.8, 4) is 5.75 Å². The highest BCUT2D eigenvalue weighted by molar-refractivity contribution is 7.91. The van der Waals surface area contributed by atoms with Crippen molar-refractivity contribution in [3.63, 3.8) is 0 Å². The van der Waals surface area contributed by atoms with E-state index in [1.165, 1.54) is 0 Å². The number of methoxy groups -OCH3 is 1. The predicted octanol–water partition coefficient (Wildman–Crippen LogP) is 1.24. The lowest BCUT2D eigenvalue weighted by molar-refractivity contribution is 0.412. The summed E-state index contributed by atoms with van der Waals surface area (Å²) in [6, 6.07) is 3.71. The van der Waals surface area contributed by atoms with Crippen molar-refractivity contribution >= 4 is 15.5 Å². The highest BCUT2D eigenvalue weighted by Gasteiger charge is 2.30. The number of aromatic nitrogens is 2. The molecule has 1 aliphatic heterocycles. The van der Waals surface area contributed by atoms with Gasteiger partial charge in [0.1, 0.15) is 11.4 Å². The number of pyridine rings is 1. The van der Waals surface area contributed by atoms with Crippen LogP contribution in [0.15, 0.2) is 24.5 Å². The van der Waals surface area contributed by atoms with E-state index in [-0.39, 0.29) is 17.4 Å². The van der Waals surface area contributed by atoms with Crippen molar-refractivity contribution in [1.82, 2.24) is 9.38 Å². The van der Waals surface area contributed by atoms with E-state index in [4.69, 9.17) is 4.74 Å². The maximum Gasteiger partial charge on any atom is 0.151 e. The standard InChI is InChI=1S/C12H14N2O3S/c1-17-10-2-3-12-13-11(7-14(12)6-10)9-4-5-18(15,16)8-9/h2-3,6-7,9H,4-5,8H2,1H3. The first-order valence-electron chi connectivity index (χ1n) is 5.80. The second kappa shape index (κ2) is 3.98. The highest BCUT2D eigenvalue weighted by atomic mass is 32.2. The third-order valence-electron chi connectivity index (χ3n) is 3.33. The largest absolute Gasteiger partial charge is 0.495 e. The molecule has 2 aromatic heterocycles. The van der Waals surface area contributed by atoms with Crippen LogP contribution in [0.3, 0.4) is 0 Å². The minimum atomic E-state index is -2.87. The average Bonchev–Trinajstić information content (AvgIpc) is 2.90. The Kier molecular flexibility index (Phi) is 2.55. The molecule has 6 heteroatoms. The Labute approximate surface area is 105 Å². The normalized spacial score (nSPS) is 22.4. The second-order valence-electron chi connectivity index (χ2n) is 4.60. The fourth-order valence-electron chi connectivity index (χ4n) is 2.34. The van der Waals surface area contributed by atoms with Crippen LogP contribution in [-0.2, 0) is 9.84 Å². The summed E-state index contributed by atoms with van der Waals surface area (Å²) in [6.07, 6.45) is 4.40. The first kappa shape index (κ1) is 11.5. The molecule has 3 rings (SSSR count). The minimum absolute atomic E-state index is 0.0286. The molecule has 3 heterocycles. The fourth-order valence-corrected chi connectivity index (χ4v) is 4.10. The number of nitrogens with zero attached hydrogens (tertiary/aromatic N) is 2. The lowest BCUT2D eigenvalue weighted by Crippen LogP contribution is -2.03. The molecule has 0 radical (unpaired) electrons. The number of fused-ring (bicyclic) bond motifs is 1. The number of hydrogen-bond donors (Lipinski definition) is 0. The maximum absolute atomic E-state index is 11.5. The Morgan fingerprint density at radius 2 is 2.22 bits per heavy atom. The van der Waals surface area contributed by atoms with E-state index in [0.717, 1.165) is 17.1 Å². The molecule has 0 aliphatic carbocycles. The topological polar surface area (TPSA) is 60.7 Å². The van der Waals surface area contributed by atoms with E-state index in [1.807, 2.05) is 28.9 Å². The van der Waals surface area contributed by atoms with Gasteiger partial charge >= 0.3 is 0 Å². The van der Waals surface area contributed by atoms with Gasteiger partial charge in [-0.25, -0.2) is 13.4 Å². The zero-order valence-electron chi connectivity index (χ0n) is 10.0. The summed E-state index contributed by atoms with van der Waals surface area (Å²) in [5.41, 5.74) is 1.67. The predicted molar refractivity (Wildman–Crippen MR) is 67.8 cm³/mol. The SMILES string of the molecule is COc1ccc2nc(C3CCS(=O)(=O)C3)cn2c1. The van der Waals surface area contributed by atoms with E-state index in [9.17, 15) is 8.42 Å². The van der Waals surface area contributed by atoms with E-state index >= 15 is 0 Å². The van der Waals surface area contributed by atoms with E-state index in [0.29, 0.717) is 6.42 Å². The van der Waals surface area contributed by atoms with Crippen LogP contribution in [0.25, 0.3) is 5.65 Å². The van der Waals surface area contributed by atoms with Crippen molar-refractivity contribution < 1.29 is 13.2 Å². The van der Waals surface area contributed by atoms with Gasteiger partial charge in [0.05, 0.1) is 30.5 Å². The summed E-state index contributed by atoms with van der Waals surface area (Å²) in [5.74, 6) is 1.27. The molecule has 0 saturated carbocycles. The van der Waals surface area contributed by atoms with Crippen molar-refractivity contribution in [2.45, 2.75) is 12.3 Å². The van der Waals surface area contributed by atoms with Gasteiger partial charge in [-0.2, -0.15) is 0 Å². The number of hydrogen-bond acceptors (Lipinski definition) is 4. The highest BCUT2D eigenvalue weighted by Crippen LogP contribution is 2.28. The summed E-state index contributed by atoms with van der Waals surface area (Å²) in [7, 11) is -1.25. The molecule has 1 fully saturated rings. The Hall–Kier alpha value is -1.56. The molecule has 1 aliphatic rings. The van der Waals surface area contributed by atoms with Crippen LogP contribution in [0.4, 0.5) is 0 Å². The summed E-state index contributed by atoms with van der Waals surface area (Å²) >= 11 is 0. The van der Waals surface area contributed by atoms with E-state index in [1.54, 1.807) is 7.11 Å². The number of sulfone groups is 1. The number of imidazole rings is 1.